The third-order valence-electron chi connectivity index (χ3n) is 3.26. The van der Waals surface area contributed by atoms with Crippen molar-refractivity contribution < 1.29 is 9.21 Å². The molecule has 0 aliphatic heterocycles. The SMILES string of the molecule is Cc1ccc(C(CNC(=O)c2cccc(Cl)c2)N(C)C)o1. The van der Waals surface area contributed by atoms with Crippen molar-refractivity contribution in [2.75, 3.05) is 20.6 Å². The lowest BCUT2D eigenvalue weighted by molar-refractivity contribution is 0.0939. The Kier molecular flexibility index (Phi) is 5.04. The molecule has 1 N–H and O–H groups in total. The van der Waals surface area contributed by atoms with Gasteiger partial charge in [-0.15, -0.1) is 0 Å². The molecular formula is C16H19ClN2O2. The van der Waals surface area contributed by atoms with Crippen molar-refractivity contribution in [2.45, 2.75) is 13.0 Å². The Labute approximate surface area is 129 Å². The fraction of sp³-hybridized carbons (Fsp3) is 0.312. The van der Waals surface area contributed by atoms with E-state index in [1.165, 1.54) is 0 Å². The maximum Gasteiger partial charge on any atom is 0.251 e. The summed E-state index contributed by atoms with van der Waals surface area (Å²) in [5, 5.41) is 3.47. The predicted molar refractivity (Wildman–Crippen MR) is 83.7 cm³/mol. The van der Waals surface area contributed by atoms with Crippen molar-refractivity contribution in [1.29, 1.82) is 0 Å². The Balaban J connectivity index is 2.04. The Morgan fingerprint density at radius 3 is 2.67 bits per heavy atom. The zero-order valence-corrected chi connectivity index (χ0v) is 13.1. The average molecular weight is 307 g/mol. The number of hydrogen-bond donors (Lipinski definition) is 1. The Morgan fingerprint density at radius 1 is 1.33 bits per heavy atom. The van der Waals surface area contributed by atoms with E-state index in [1.54, 1.807) is 24.3 Å². The van der Waals surface area contributed by atoms with Crippen molar-refractivity contribution >= 4 is 17.5 Å². The van der Waals surface area contributed by atoms with Crippen LogP contribution in [0.15, 0.2) is 40.8 Å². The number of benzene rings is 1. The van der Waals surface area contributed by atoms with E-state index in [4.69, 9.17) is 16.0 Å². The largest absolute Gasteiger partial charge is 0.465 e. The monoisotopic (exact) mass is 306 g/mol. The van der Waals surface area contributed by atoms with E-state index in [2.05, 4.69) is 5.32 Å². The number of nitrogens with one attached hydrogen (secondary N) is 1. The first-order valence-corrected chi connectivity index (χ1v) is 7.11. The van der Waals surface area contributed by atoms with Crippen LogP contribution >= 0.6 is 11.6 Å². The van der Waals surface area contributed by atoms with E-state index in [0.29, 0.717) is 17.1 Å². The molecule has 0 bridgehead atoms. The number of nitrogens with zero attached hydrogens (tertiary/aromatic N) is 1. The van der Waals surface area contributed by atoms with E-state index in [1.807, 2.05) is 38.1 Å². The second kappa shape index (κ2) is 6.78. The van der Waals surface area contributed by atoms with E-state index >= 15 is 0 Å². The van der Waals surface area contributed by atoms with Crippen LogP contribution in [0.4, 0.5) is 0 Å². The highest BCUT2D eigenvalue weighted by atomic mass is 35.5. The summed E-state index contributed by atoms with van der Waals surface area (Å²) < 4.78 is 5.65. The van der Waals surface area contributed by atoms with Gasteiger partial charge in [0.05, 0.1) is 6.04 Å². The third-order valence-corrected chi connectivity index (χ3v) is 3.49. The van der Waals surface area contributed by atoms with E-state index in [9.17, 15) is 4.79 Å². The lowest BCUT2D eigenvalue weighted by Gasteiger charge is -2.22. The molecule has 2 aromatic rings. The minimum absolute atomic E-state index is 0.0122. The lowest BCUT2D eigenvalue weighted by Crippen LogP contribution is -2.34. The molecule has 1 heterocycles. The van der Waals surface area contributed by atoms with Gasteiger partial charge in [-0.05, 0) is 51.4 Å². The van der Waals surface area contributed by atoms with Crippen LogP contribution in [0.5, 0.6) is 0 Å². The van der Waals surface area contributed by atoms with Crippen LogP contribution in [0, 0.1) is 6.92 Å². The predicted octanol–water partition coefficient (Wildman–Crippen LogP) is 3.27. The summed E-state index contributed by atoms with van der Waals surface area (Å²) in [6.45, 7) is 2.37. The summed E-state index contributed by atoms with van der Waals surface area (Å²) in [6.07, 6.45) is 0. The summed E-state index contributed by atoms with van der Waals surface area (Å²) in [5.41, 5.74) is 0.552. The molecule has 0 aliphatic carbocycles. The molecule has 2 rings (SSSR count). The van der Waals surface area contributed by atoms with Crippen LogP contribution in [0.2, 0.25) is 5.02 Å². The zero-order valence-electron chi connectivity index (χ0n) is 12.4. The Morgan fingerprint density at radius 2 is 2.10 bits per heavy atom. The summed E-state index contributed by atoms with van der Waals surface area (Å²) in [7, 11) is 3.90. The molecule has 112 valence electrons. The van der Waals surface area contributed by atoms with Crippen molar-refractivity contribution in [3.05, 3.63) is 58.5 Å². The Hall–Kier alpha value is -1.78. The number of hydrogen-bond acceptors (Lipinski definition) is 3. The van der Waals surface area contributed by atoms with E-state index in [0.717, 1.165) is 11.5 Å². The molecule has 0 radical (unpaired) electrons. The number of likely N-dealkylation sites (N-methyl/N-ethyl adjacent to an activating group) is 1. The topological polar surface area (TPSA) is 45.5 Å². The molecule has 4 nitrogen and oxygen atoms in total. The second-order valence-corrected chi connectivity index (χ2v) is 5.58. The van der Waals surface area contributed by atoms with Gasteiger partial charge in [0.2, 0.25) is 0 Å². The zero-order chi connectivity index (χ0) is 15.4. The number of furan rings is 1. The Bertz CT molecular complexity index is 622. The van der Waals surface area contributed by atoms with Crippen LogP contribution < -0.4 is 5.32 Å². The molecule has 0 saturated heterocycles. The van der Waals surface area contributed by atoms with Crippen molar-refractivity contribution in [1.82, 2.24) is 10.2 Å². The summed E-state index contributed by atoms with van der Waals surface area (Å²) >= 11 is 5.90. The minimum Gasteiger partial charge on any atom is -0.465 e. The van der Waals surface area contributed by atoms with Gasteiger partial charge in [-0.2, -0.15) is 0 Å². The number of halogens is 1. The first kappa shape index (κ1) is 15.6. The highest BCUT2D eigenvalue weighted by Crippen LogP contribution is 2.20. The van der Waals surface area contributed by atoms with E-state index < -0.39 is 0 Å². The molecule has 0 spiro atoms. The van der Waals surface area contributed by atoms with Gasteiger partial charge in [-0.3, -0.25) is 9.69 Å². The molecular weight excluding hydrogens is 288 g/mol. The summed E-state index contributed by atoms with van der Waals surface area (Å²) in [5.74, 6) is 1.55. The highest BCUT2D eigenvalue weighted by molar-refractivity contribution is 6.30. The highest BCUT2D eigenvalue weighted by Gasteiger charge is 2.19. The van der Waals surface area contributed by atoms with Crippen LogP contribution in [-0.2, 0) is 0 Å². The molecule has 1 aromatic heterocycles. The molecule has 1 unspecified atom stereocenters. The molecule has 21 heavy (non-hydrogen) atoms. The third kappa shape index (κ3) is 4.09. The van der Waals surface area contributed by atoms with Crippen molar-refractivity contribution in [3.8, 4) is 0 Å². The van der Waals surface area contributed by atoms with Crippen molar-refractivity contribution in [3.63, 3.8) is 0 Å². The van der Waals surface area contributed by atoms with Crippen LogP contribution in [-0.4, -0.2) is 31.4 Å². The molecule has 0 aliphatic rings. The van der Waals surface area contributed by atoms with Crippen LogP contribution in [0.3, 0.4) is 0 Å². The fourth-order valence-corrected chi connectivity index (χ4v) is 2.28. The van der Waals surface area contributed by atoms with Gasteiger partial charge < -0.3 is 9.73 Å². The van der Waals surface area contributed by atoms with Crippen molar-refractivity contribution in [2.24, 2.45) is 0 Å². The van der Waals surface area contributed by atoms with Crippen LogP contribution in [0.1, 0.15) is 27.9 Å². The molecule has 1 aromatic carbocycles. The van der Waals surface area contributed by atoms with Crippen LogP contribution in [0.25, 0.3) is 0 Å². The van der Waals surface area contributed by atoms with Gasteiger partial charge in [0.15, 0.2) is 0 Å². The smallest absolute Gasteiger partial charge is 0.251 e. The number of carbonyl (C=O) groups excluding carboxylic acids is 1. The quantitative estimate of drug-likeness (QED) is 0.922. The first-order chi connectivity index (χ1) is 9.97. The number of amides is 1. The number of rotatable bonds is 5. The van der Waals surface area contributed by atoms with Gasteiger partial charge in [0.25, 0.3) is 5.91 Å². The average Bonchev–Trinajstić information content (AvgIpc) is 2.85. The normalized spacial score (nSPS) is 12.4. The molecule has 5 heteroatoms. The summed E-state index contributed by atoms with van der Waals surface area (Å²) in [4.78, 5) is 14.2. The lowest BCUT2D eigenvalue weighted by atomic mass is 10.2. The van der Waals surface area contributed by atoms with Gasteiger partial charge in [-0.1, -0.05) is 17.7 Å². The summed E-state index contributed by atoms with van der Waals surface area (Å²) in [6, 6.07) is 10.7. The molecule has 1 atom stereocenters. The number of aryl methyl sites for hydroxylation is 1. The maximum absolute atomic E-state index is 12.1. The van der Waals surface area contributed by atoms with Gasteiger partial charge in [-0.25, -0.2) is 0 Å². The van der Waals surface area contributed by atoms with Gasteiger partial charge >= 0.3 is 0 Å². The second-order valence-electron chi connectivity index (χ2n) is 5.15. The maximum atomic E-state index is 12.1. The standard InChI is InChI=1S/C16H19ClN2O2/c1-11-7-8-15(21-11)14(19(2)3)10-18-16(20)12-5-4-6-13(17)9-12/h4-9,14H,10H2,1-3H3,(H,18,20). The fourth-order valence-electron chi connectivity index (χ4n) is 2.09. The van der Waals surface area contributed by atoms with E-state index in [-0.39, 0.29) is 11.9 Å². The van der Waals surface area contributed by atoms with Gasteiger partial charge in [0, 0.05) is 17.1 Å². The first-order valence-electron chi connectivity index (χ1n) is 6.74. The minimum atomic E-state index is -0.146. The molecule has 1 amide bonds. The molecule has 0 fully saturated rings. The number of carbonyl (C=O) groups is 1. The molecule has 0 saturated carbocycles. The van der Waals surface area contributed by atoms with Gasteiger partial charge in [0.1, 0.15) is 11.5 Å².